The average Bonchev–Trinajstić information content (AvgIpc) is 2.13. The van der Waals surface area contributed by atoms with E-state index in [1.165, 1.54) is 19.3 Å². The summed E-state index contributed by atoms with van der Waals surface area (Å²) in [5.74, 6) is 0. The summed E-state index contributed by atoms with van der Waals surface area (Å²) < 4.78 is 0. The third-order valence-electron chi connectivity index (χ3n) is 2.00. The van der Waals surface area contributed by atoms with Crippen LogP contribution in [0.1, 0.15) is 26.2 Å². The summed E-state index contributed by atoms with van der Waals surface area (Å²) in [6.45, 7) is 2.24. The van der Waals surface area contributed by atoms with Gasteiger partial charge in [-0.15, -0.1) is 0 Å². The van der Waals surface area contributed by atoms with Crippen molar-refractivity contribution < 1.29 is 0 Å². The summed E-state index contributed by atoms with van der Waals surface area (Å²) in [4.78, 5) is 2.24. The molecule has 1 aliphatic rings. The van der Waals surface area contributed by atoms with Gasteiger partial charge in [-0.25, -0.2) is 0 Å². The van der Waals surface area contributed by atoms with Crippen LogP contribution in [0.5, 0.6) is 0 Å². The van der Waals surface area contributed by atoms with Crippen LogP contribution in [-0.2, 0) is 0 Å². The van der Waals surface area contributed by atoms with Crippen LogP contribution in [0.15, 0.2) is 11.3 Å². The fourth-order valence-corrected chi connectivity index (χ4v) is 1.48. The zero-order chi connectivity index (χ0) is 6.85. The summed E-state index contributed by atoms with van der Waals surface area (Å²) in [6.07, 6.45) is 3.96. The minimum absolute atomic E-state index is 1.29. The van der Waals surface area contributed by atoms with Gasteiger partial charge in [0.2, 0.25) is 0 Å². The molecule has 0 N–H and O–H groups in total. The van der Waals surface area contributed by atoms with E-state index in [9.17, 15) is 0 Å². The van der Waals surface area contributed by atoms with Crippen molar-refractivity contribution in [3.05, 3.63) is 11.3 Å². The molecule has 0 unspecified atom stereocenters. The smallest absolute Gasteiger partial charge is 0.0117 e. The fraction of sp³-hybridized carbons (Fsp3) is 0.750. The van der Waals surface area contributed by atoms with Crippen molar-refractivity contribution in [2.75, 3.05) is 14.1 Å². The van der Waals surface area contributed by atoms with E-state index >= 15 is 0 Å². The molecule has 0 aromatic carbocycles. The van der Waals surface area contributed by atoms with Crippen molar-refractivity contribution in [3.8, 4) is 0 Å². The van der Waals surface area contributed by atoms with Gasteiger partial charge >= 0.3 is 0 Å². The highest BCUT2D eigenvalue weighted by atomic mass is 15.1. The molecular formula is C8H15N. The maximum atomic E-state index is 2.24. The van der Waals surface area contributed by atoms with Gasteiger partial charge in [0.05, 0.1) is 0 Å². The van der Waals surface area contributed by atoms with Crippen LogP contribution >= 0.6 is 0 Å². The van der Waals surface area contributed by atoms with Crippen molar-refractivity contribution in [1.82, 2.24) is 4.90 Å². The Morgan fingerprint density at radius 3 is 2.11 bits per heavy atom. The van der Waals surface area contributed by atoms with Gasteiger partial charge in [-0.3, -0.25) is 0 Å². The van der Waals surface area contributed by atoms with Crippen LogP contribution in [0.3, 0.4) is 0 Å². The molecule has 1 rings (SSSR count). The molecule has 0 atom stereocenters. The van der Waals surface area contributed by atoms with E-state index in [0.717, 1.165) is 0 Å². The SMILES string of the molecule is CC1=C(N(C)C)CCC1. The first-order valence-corrected chi connectivity index (χ1v) is 3.58. The molecule has 0 radical (unpaired) electrons. The zero-order valence-corrected chi connectivity index (χ0v) is 6.57. The van der Waals surface area contributed by atoms with Gasteiger partial charge in [-0.2, -0.15) is 0 Å². The van der Waals surface area contributed by atoms with Crippen LogP contribution in [0.25, 0.3) is 0 Å². The molecule has 0 spiro atoms. The van der Waals surface area contributed by atoms with Crippen molar-refractivity contribution in [2.45, 2.75) is 26.2 Å². The molecule has 0 aromatic rings. The largest absolute Gasteiger partial charge is 0.381 e. The highest BCUT2D eigenvalue weighted by Crippen LogP contribution is 2.25. The number of hydrogen-bond donors (Lipinski definition) is 0. The predicted octanol–water partition coefficient (Wildman–Crippen LogP) is 2.01. The van der Waals surface area contributed by atoms with E-state index < -0.39 is 0 Å². The Hall–Kier alpha value is -0.460. The summed E-state index contributed by atoms with van der Waals surface area (Å²) in [5, 5.41) is 0. The quantitative estimate of drug-likeness (QED) is 0.518. The summed E-state index contributed by atoms with van der Waals surface area (Å²) in [6, 6.07) is 0. The molecule has 0 amide bonds. The van der Waals surface area contributed by atoms with Gasteiger partial charge in [-0.1, -0.05) is 5.57 Å². The second-order valence-electron chi connectivity index (χ2n) is 2.98. The van der Waals surface area contributed by atoms with Gasteiger partial charge < -0.3 is 4.90 Å². The van der Waals surface area contributed by atoms with Crippen molar-refractivity contribution >= 4 is 0 Å². The monoisotopic (exact) mass is 125 g/mol. The number of nitrogens with zero attached hydrogens (tertiary/aromatic N) is 1. The number of allylic oxidation sites excluding steroid dienone is 2. The second-order valence-corrected chi connectivity index (χ2v) is 2.98. The molecule has 0 heterocycles. The van der Waals surface area contributed by atoms with Gasteiger partial charge in [0.25, 0.3) is 0 Å². The van der Waals surface area contributed by atoms with E-state index in [1.807, 2.05) is 0 Å². The minimum Gasteiger partial charge on any atom is -0.381 e. The molecule has 0 bridgehead atoms. The lowest BCUT2D eigenvalue weighted by Crippen LogP contribution is -2.09. The molecule has 0 fully saturated rings. The van der Waals surface area contributed by atoms with Gasteiger partial charge in [0.1, 0.15) is 0 Å². The second kappa shape index (κ2) is 2.42. The van der Waals surface area contributed by atoms with Gasteiger partial charge in [0.15, 0.2) is 0 Å². The Morgan fingerprint density at radius 2 is 1.89 bits per heavy atom. The van der Waals surface area contributed by atoms with Crippen molar-refractivity contribution in [2.24, 2.45) is 0 Å². The lowest BCUT2D eigenvalue weighted by molar-refractivity contribution is 0.493. The van der Waals surface area contributed by atoms with Crippen LogP contribution in [-0.4, -0.2) is 19.0 Å². The van der Waals surface area contributed by atoms with Crippen LogP contribution in [0.4, 0.5) is 0 Å². The Bertz CT molecular complexity index is 134. The molecule has 9 heavy (non-hydrogen) atoms. The molecule has 1 aliphatic carbocycles. The number of rotatable bonds is 1. The Kier molecular flexibility index (Phi) is 1.79. The first-order valence-electron chi connectivity index (χ1n) is 3.58. The van der Waals surface area contributed by atoms with Crippen LogP contribution in [0.2, 0.25) is 0 Å². The van der Waals surface area contributed by atoms with Crippen LogP contribution in [0, 0.1) is 0 Å². The van der Waals surface area contributed by atoms with Gasteiger partial charge in [-0.05, 0) is 26.2 Å². The molecule has 0 aliphatic heterocycles. The summed E-state index contributed by atoms with van der Waals surface area (Å²) in [5.41, 5.74) is 3.13. The minimum atomic E-state index is 1.29. The molecule has 52 valence electrons. The Balaban J connectivity index is 2.66. The maximum Gasteiger partial charge on any atom is 0.0117 e. The topological polar surface area (TPSA) is 3.24 Å². The van der Waals surface area contributed by atoms with Gasteiger partial charge in [0, 0.05) is 19.8 Å². The summed E-state index contributed by atoms with van der Waals surface area (Å²) >= 11 is 0. The van der Waals surface area contributed by atoms with Crippen LogP contribution < -0.4 is 0 Å². The molecule has 0 aromatic heterocycles. The van der Waals surface area contributed by atoms with E-state index in [4.69, 9.17) is 0 Å². The molecule has 0 saturated heterocycles. The Morgan fingerprint density at radius 1 is 1.22 bits per heavy atom. The van der Waals surface area contributed by atoms with E-state index in [0.29, 0.717) is 0 Å². The fourth-order valence-electron chi connectivity index (χ4n) is 1.48. The lowest BCUT2D eigenvalue weighted by Gasteiger charge is -2.14. The van der Waals surface area contributed by atoms with E-state index in [1.54, 1.807) is 11.3 Å². The number of hydrogen-bond acceptors (Lipinski definition) is 1. The average molecular weight is 125 g/mol. The molecule has 1 heteroatoms. The third-order valence-corrected chi connectivity index (χ3v) is 2.00. The van der Waals surface area contributed by atoms with E-state index in [-0.39, 0.29) is 0 Å². The third kappa shape index (κ3) is 1.26. The zero-order valence-electron chi connectivity index (χ0n) is 6.57. The molecular weight excluding hydrogens is 110 g/mol. The Labute approximate surface area is 57.4 Å². The predicted molar refractivity (Wildman–Crippen MR) is 40.2 cm³/mol. The normalized spacial score (nSPS) is 19.0. The van der Waals surface area contributed by atoms with E-state index in [2.05, 4.69) is 25.9 Å². The standard InChI is InChI=1S/C8H15N/c1-7-5-4-6-8(7)9(2)3/h4-6H2,1-3H3. The highest BCUT2D eigenvalue weighted by molar-refractivity contribution is 5.15. The lowest BCUT2D eigenvalue weighted by atomic mass is 10.2. The first kappa shape index (κ1) is 6.66. The van der Waals surface area contributed by atoms with Crippen molar-refractivity contribution in [3.63, 3.8) is 0 Å². The first-order chi connectivity index (χ1) is 4.22. The molecule has 1 nitrogen and oxygen atoms in total. The molecule has 0 saturated carbocycles. The highest BCUT2D eigenvalue weighted by Gasteiger charge is 2.10. The summed E-state index contributed by atoms with van der Waals surface area (Å²) in [7, 11) is 4.26. The van der Waals surface area contributed by atoms with Crippen molar-refractivity contribution in [1.29, 1.82) is 0 Å². The maximum absolute atomic E-state index is 2.24.